The molecule has 2 heterocycles. The molecule has 1 fully saturated rings. The number of imidazole rings is 1. The van der Waals surface area contributed by atoms with Crippen LogP contribution in [0.1, 0.15) is 18.4 Å². The summed E-state index contributed by atoms with van der Waals surface area (Å²) >= 11 is 0. The lowest BCUT2D eigenvalue weighted by Crippen LogP contribution is -2.35. The zero-order valence-electron chi connectivity index (χ0n) is 11.1. The van der Waals surface area contributed by atoms with Gasteiger partial charge in [-0.05, 0) is 30.5 Å². The van der Waals surface area contributed by atoms with Crippen molar-refractivity contribution in [1.82, 2.24) is 15.3 Å². The molecule has 0 aliphatic carbocycles. The molecule has 3 rings (SSSR count). The highest BCUT2D eigenvalue weighted by Crippen LogP contribution is 2.14. The van der Waals surface area contributed by atoms with Crippen LogP contribution in [0.3, 0.4) is 0 Å². The summed E-state index contributed by atoms with van der Waals surface area (Å²) < 4.78 is 5.31. The van der Waals surface area contributed by atoms with E-state index in [2.05, 4.69) is 15.3 Å². The lowest BCUT2D eigenvalue weighted by Gasteiger charge is -2.21. The predicted octanol–water partition coefficient (Wildman–Crippen LogP) is 0.899. The van der Waals surface area contributed by atoms with Gasteiger partial charge in [0.25, 0.3) is 0 Å². The van der Waals surface area contributed by atoms with Gasteiger partial charge in [0.2, 0.25) is 5.91 Å². The first kappa shape index (κ1) is 12.9. The molecule has 20 heavy (non-hydrogen) atoms. The maximum atomic E-state index is 12.0. The summed E-state index contributed by atoms with van der Waals surface area (Å²) in [6.45, 7) is 1.72. The molecule has 2 aromatic rings. The van der Waals surface area contributed by atoms with Crippen LogP contribution in [0.2, 0.25) is 0 Å². The Morgan fingerprint density at radius 2 is 2.20 bits per heavy atom. The Morgan fingerprint density at radius 1 is 1.35 bits per heavy atom. The average Bonchev–Trinajstić information content (AvgIpc) is 2.85. The number of rotatable bonds is 3. The third-order valence-electron chi connectivity index (χ3n) is 3.58. The molecule has 1 aromatic heterocycles. The van der Waals surface area contributed by atoms with E-state index in [-0.39, 0.29) is 17.5 Å². The van der Waals surface area contributed by atoms with E-state index in [1.807, 2.05) is 18.2 Å². The quantitative estimate of drug-likeness (QED) is 0.777. The first-order valence-corrected chi connectivity index (χ1v) is 6.79. The van der Waals surface area contributed by atoms with Gasteiger partial charge in [-0.25, -0.2) is 4.79 Å². The van der Waals surface area contributed by atoms with Crippen molar-refractivity contribution in [2.24, 2.45) is 5.92 Å². The van der Waals surface area contributed by atoms with E-state index in [0.29, 0.717) is 13.2 Å². The largest absolute Gasteiger partial charge is 0.381 e. The first-order valence-electron chi connectivity index (χ1n) is 6.79. The molecule has 6 nitrogen and oxygen atoms in total. The molecule has 0 spiro atoms. The van der Waals surface area contributed by atoms with Gasteiger partial charge in [-0.15, -0.1) is 0 Å². The normalized spacial score (nSPS) is 19.1. The summed E-state index contributed by atoms with van der Waals surface area (Å²) in [5.41, 5.74) is 2.26. The summed E-state index contributed by atoms with van der Waals surface area (Å²) in [6.07, 6.45) is 1.82. The Morgan fingerprint density at radius 3 is 3.00 bits per heavy atom. The van der Waals surface area contributed by atoms with Crippen LogP contribution in [0.15, 0.2) is 23.0 Å². The maximum Gasteiger partial charge on any atom is 0.323 e. The van der Waals surface area contributed by atoms with Gasteiger partial charge in [0.1, 0.15) is 0 Å². The van der Waals surface area contributed by atoms with Gasteiger partial charge in [-0.2, -0.15) is 0 Å². The third kappa shape index (κ3) is 2.75. The van der Waals surface area contributed by atoms with Gasteiger partial charge in [0.05, 0.1) is 23.6 Å². The minimum atomic E-state index is -0.222. The van der Waals surface area contributed by atoms with E-state index < -0.39 is 0 Å². The lowest BCUT2D eigenvalue weighted by atomic mass is 10.0. The SMILES string of the molecule is O=C(NCc1ccc2[nH]c(=O)[nH]c2c1)C1CCCOC1. The summed E-state index contributed by atoms with van der Waals surface area (Å²) in [7, 11) is 0. The van der Waals surface area contributed by atoms with E-state index in [1.165, 1.54) is 0 Å². The molecule has 1 saturated heterocycles. The summed E-state index contributed by atoms with van der Waals surface area (Å²) in [5.74, 6) is -0.00749. The number of amides is 1. The van der Waals surface area contributed by atoms with Crippen LogP contribution in [-0.2, 0) is 16.1 Å². The molecule has 1 aliphatic rings. The van der Waals surface area contributed by atoms with Crippen molar-refractivity contribution in [3.63, 3.8) is 0 Å². The number of aromatic amines is 2. The van der Waals surface area contributed by atoms with Crippen molar-refractivity contribution >= 4 is 16.9 Å². The molecule has 1 aliphatic heterocycles. The topological polar surface area (TPSA) is 87.0 Å². The standard InChI is InChI=1S/C14H17N3O3/c18-13(10-2-1-5-20-8-10)15-7-9-3-4-11-12(6-9)17-14(19)16-11/h3-4,6,10H,1-2,5,7-8H2,(H,15,18)(H2,16,17,19). The number of hydrogen-bond donors (Lipinski definition) is 3. The molecular formula is C14H17N3O3. The summed E-state index contributed by atoms with van der Waals surface area (Å²) in [5, 5.41) is 2.92. The van der Waals surface area contributed by atoms with E-state index in [4.69, 9.17) is 4.74 Å². The Bertz CT molecular complexity index is 668. The van der Waals surface area contributed by atoms with Crippen LogP contribution in [0.25, 0.3) is 11.0 Å². The second-order valence-corrected chi connectivity index (χ2v) is 5.09. The molecule has 0 radical (unpaired) electrons. The van der Waals surface area contributed by atoms with Gasteiger partial charge in [-0.1, -0.05) is 6.07 Å². The van der Waals surface area contributed by atoms with E-state index in [9.17, 15) is 9.59 Å². The lowest BCUT2D eigenvalue weighted by molar-refractivity contribution is -0.129. The van der Waals surface area contributed by atoms with Crippen LogP contribution < -0.4 is 11.0 Å². The molecule has 0 bridgehead atoms. The number of carbonyl (C=O) groups is 1. The highest BCUT2D eigenvalue weighted by molar-refractivity contribution is 5.79. The number of fused-ring (bicyclic) bond motifs is 1. The fourth-order valence-electron chi connectivity index (χ4n) is 2.47. The number of H-pyrrole nitrogens is 2. The number of hydrogen-bond acceptors (Lipinski definition) is 3. The average molecular weight is 275 g/mol. The fourth-order valence-corrected chi connectivity index (χ4v) is 2.47. The van der Waals surface area contributed by atoms with Gasteiger partial charge < -0.3 is 20.0 Å². The van der Waals surface area contributed by atoms with E-state index in [0.717, 1.165) is 36.0 Å². The fraction of sp³-hybridized carbons (Fsp3) is 0.429. The Labute approximate surface area is 115 Å². The van der Waals surface area contributed by atoms with Crippen LogP contribution in [-0.4, -0.2) is 29.1 Å². The molecule has 3 N–H and O–H groups in total. The predicted molar refractivity (Wildman–Crippen MR) is 74.3 cm³/mol. The zero-order valence-corrected chi connectivity index (χ0v) is 11.1. The highest BCUT2D eigenvalue weighted by Gasteiger charge is 2.21. The Balaban J connectivity index is 1.64. The van der Waals surface area contributed by atoms with Crippen LogP contribution in [0.4, 0.5) is 0 Å². The van der Waals surface area contributed by atoms with Gasteiger partial charge >= 0.3 is 5.69 Å². The monoisotopic (exact) mass is 275 g/mol. The van der Waals surface area contributed by atoms with Crippen molar-refractivity contribution in [1.29, 1.82) is 0 Å². The number of benzene rings is 1. The smallest absolute Gasteiger partial charge is 0.323 e. The molecule has 1 aromatic carbocycles. The Hall–Kier alpha value is -2.08. The van der Waals surface area contributed by atoms with Gasteiger partial charge in [0, 0.05) is 13.2 Å². The van der Waals surface area contributed by atoms with Crippen molar-refractivity contribution in [3.8, 4) is 0 Å². The molecule has 1 unspecified atom stereocenters. The molecule has 1 amide bonds. The number of aromatic nitrogens is 2. The number of nitrogens with one attached hydrogen (secondary N) is 3. The van der Waals surface area contributed by atoms with E-state index in [1.54, 1.807) is 0 Å². The number of ether oxygens (including phenoxy) is 1. The van der Waals surface area contributed by atoms with Crippen molar-refractivity contribution < 1.29 is 9.53 Å². The number of carbonyl (C=O) groups excluding carboxylic acids is 1. The van der Waals surface area contributed by atoms with Crippen LogP contribution in [0.5, 0.6) is 0 Å². The first-order chi connectivity index (χ1) is 9.72. The minimum Gasteiger partial charge on any atom is -0.381 e. The minimum absolute atomic E-state index is 0.0346. The van der Waals surface area contributed by atoms with Crippen LogP contribution in [0, 0.1) is 5.92 Å². The summed E-state index contributed by atoms with van der Waals surface area (Å²) in [6, 6.07) is 5.59. The Kier molecular flexibility index (Phi) is 3.56. The van der Waals surface area contributed by atoms with Crippen LogP contribution >= 0.6 is 0 Å². The molecule has 0 saturated carbocycles. The third-order valence-corrected chi connectivity index (χ3v) is 3.58. The van der Waals surface area contributed by atoms with Gasteiger partial charge in [-0.3, -0.25) is 4.79 Å². The second kappa shape index (κ2) is 5.50. The second-order valence-electron chi connectivity index (χ2n) is 5.09. The zero-order chi connectivity index (χ0) is 13.9. The molecule has 106 valence electrons. The molecule has 1 atom stereocenters. The van der Waals surface area contributed by atoms with E-state index >= 15 is 0 Å². The molecular weight excluding hydrogens is 258 g/mol. The van der Waals surface area contributed by atoms with Crippen molar-refractivity contribution in [3.05, 3.63) is 34.2 Å². The molecule has 6 heteroatoms. The van der Waals surface area contributed by atoms with Crippen molar-refractivity contribution in [2.75, 3.05) is 13.2 Å². The maximum absolute atomic E-state index is 12.0. The summed E-state index contributed by atoms with van der Waals surface area (Å²) in [4.78, 5) is 28.6. The van der Waals surface area contributed by atoms with Gasteiger partial charge in [0.15, 0.2) is 0 Å². The van der Waals surface area contributed by atoms with Crippen molar-refractivity contribution in [2.45, 2.75) is 19.4 Å². The highest BCUT2D eigenvalue weighted by atomic mass is 16.5.